The van der Waals surface area contributed by atoms with Crippen LogP contribution >= 0.6 is 39.3 Å². The number of benzene rings is 1. The zero-order valence-electron chi connectivity index (χ0n) is 11.5. The lowest BCUT2D eigenvalue weighted by atomic mass is 9.94. The number of alkyl halides is 1. The van der Waals surface area contributed by atoms with Crippen molar-refractivity contribution in [2.75, 3.05) is 6.26 Å². The van der Waals surface area contributed by atoms with Crippen LogP contribution in [0.5, 0.6) is 0 Å². The molecule has 1 fully saturated rings. The summed E-state index contributed by atoms with van der Waals surface area (Å²) in [6.07, 6.45) is 7.40. The third kappa shape index (κ3) is 2.62. The summed E-state index contributed by atoms with van der Waals surface area (Å²) in [7, 11) is 0. The van der Waals surface area contributed by atoms with E-state index in [0.717, 1.165) is 15.8 Å². The maximum absolute atomic E-state index is 6.15. The highest BCUT2D eigenvalue weighted by Crippen LogP contribution is 2.38. The zero-order chi connectivity index (χ0) is 14.1. The molecule has 0 spiro atoms. The highest BCUT2D eigenvalue weighted by Gasteiger charge is 2.28. The molecular formula is C15H18BrClN2S. The molecule has 1 aromatic heterocycles. The van der Waals surface area contributed by atoms with Crippen molar-refractivity contribution in [2.45, 2.75) is 42.9 Å². The van der Waals surface area contributed by atoms with Gasteiger partial charge < -0.3 is 4.57 Å². The Kier molecular flexibility index (Phi) is 4.63. The van der Waals surface area contributed by atoms with Crippen molar-refractivity contribution >= 4 is 50.3 Å². The van der Waals surface area contributed by atoms with E-state index in [1.165, 1.54) is 31.2 Å². The van der Waals surface area contributed by atoms with Crippen LogP contribution in [0.3, 0.4) is 0 Å². The minimum atomic E-state index is 0.476. The Labute approximate surface area is 137 Å². The number of imidazole rings is 1. The molecule has 2 atom stereocenters. The average molecular weight is 374 g/mol. The van der Waals surface area contributed by atoms with Gasteiger partial charge in [-0.05, 0) is 37.3 Å². The highest BCUT2D eigenvalue weighted by atomic mass is 79.9. The summed E-state index contributed by atoms with van der Waals surface area (Å²) in [6.45, 7) is 0. The second-order valence-electron chi connectivity index (χ2n) is 5.29. The van der Waals surface area contributed by atoms with Crippen molar-refractivity contribution in [1.82, 2.24) is 9.55 Å². The molecular weight excluding hydrogens is 356 g/mol. The van der Waals surface area contributed by atoms with Gasteiger partial charge in [-0.2, -0.15) is 11.8 Å². The Bertz CT molecular complexity index is 613. The first-order valence-electron chi connectivity index (χ1n) is 6.99. The smallest absolute Gasteiger partial charge is 0.125 e. The molecule has 2 aromatic rings. The maximum Gasteiger partial charge on any atom is 0.125 e. The fourth-order valence-electron chi connectivity index (χ4n) is 3.23. The monoisotopic (exact) mass is 372 g/mol. The Morgan fingerprint density at radius 1 is 1.40 bits per heavy atom. The molecule has 0 amide bonds. The number of hydrogen-bond acceptors (Lipinski definition) is 2. The first-order valence-corrected chi connectivity index (χ1v) is 9.61. The van der Waals surface area contributed by atoms with Gasteiger partial charge in [-0.3, -0.25) is 0 Å². The van der Waals surface area contributed by atoms with Crippen molar-refractivity contribution < 1.29 is 0 Å². The van der Waals surface area contributed by atoms with E-state index in [9.17, 15) is 0 Å². The lowest BCUT2D eigenvalue weighted by Gasteiger charge is -2.32. The number of aromatic nitrogens is 2. The number of hydrogen-bond donors (Lipinski definition) is 0. The lowest BCUT2D eigenvalue weighted by molar-refractivity contribution is 0.366. The minimum Gasteiger partial charge on any atom is -0.323 e. The summed E-state index contributed by atoms with van der Waals surface area (Å²) in [5.74, 6) is 1.48. The van der Waals surface area contributed by atoms with Crippen LogP contribution in [-0.2, 0) is 5.88 Å². The molecule has 1 saturated carbocycles. The summed E-state index contributed by atoms with van der Waals surface area (Å²) in [4.78, 5) is 4.73. The molecule has 5 heteroatoms. The van der Waals surface area contributed by atoms with Gasteiger partial charge in [-0.25, -0.2) is 4.98 Å². The van der Waals surface area contributed by atoms with Crippen LogP contribution in [0.1, 0.15) is 37.5 Å². The van der Waals surface area contributed by atoms with Crippen LogP contribution < -0.4 is 0 Å². The van der Waals surface area contributed by atoms with E-state index in [1.807, 2.05) is 11.8 Å². The SMILES string of the molecule is CSC1CCCCC1n1c(CCl)nc2cc(Br)ccc21. The largest absolute Gasteiger partial charge is 0.323 e. The van der Waals surface area contributed by atoms with Crippen LogP contribution in [-0.4, -0.2) is 21.1 Å². The van der Waals surface area contributed by atoms with Crippen LogP contribution in [0.25, 0.3) is 11.0 Å². The number of rotatable bonds is 3. The Balaban J connectivity index is 2.13. The third-order valence-corrected chi connectivity index (χ3v) is 6.03. The lowest BCUT2D eigenvalue weighted by Crippen LogP contribution is -2.26. The molecule has 108 valence electrons. The molecule has 1 aliphatic carbocycles. The van der Waals surface area contributed by atoms with Crippen LogP contribution in [0.2, 0.25) is 0 Å². The van der Waals surface area contributed by atoms with Gasteiger partial charge in [0.2, 0.25) is 0 Å². The van der Waals surface area contributed by atoms with E-state index in [-0.39, 0.29) is 0 Å². The summed E-state index contributed by atoms with van der Waals surface area (Å²) in [5, 5.41) is 0.673. The van der Waals surface area contributed by atoms with Crippen LogP contribution in [0, 0.1) is 0 Å². The number of thioether (sulfide) groups is 1. The van der Waals surface area contributed by atoms with E-state index in [2.05, 4.69) is 45.0 Å². The normalized spacial score (nSPS) is 23.4. The average Bonchev–Trinajstić information content (AvgIpc) is 2.84. The van der Waals surface area contributed by atoms with E-state index < -0.39 is 0 Å². The van der Waals surface area contributed by atoms with E-state index in [4.69, 9.17) is 16.6 Å². The molecule has 0 bridgehead atoms. The molecule has 2 unspecified atom stereocenters. The van der Waals surface area contributed by atoms with E-state index >= 15 is 0 Å². The molecule has 1 aromatic carbocycles. The molecule has 0 saturated heterocycles. The van der Waals surface area contributed by atoms with Crippen molar-refractivity contribution in [3.8, 4) is 0 Å². The Morgan fingerprint density at radius 2 is 2.20 bits per heavy atom. The molecule has 3 rings (SSSR count). The summed E-state index contributed by atoms with van der Waals surface area (Å²) < 4.78 is 3.47. The number of nitrogens with zero attached hydrogens (tertiary/aromatic N) is 2. The van der Waals surface area contributed by atoms with Gasteiger partial charge in [0.25, 0.3) is 0 Å². The molecule has 20 heavy (non-hydrogen) atoms. The molecule has 0 aliphatic heterocycles. The molecule has 1 heterocycles. The third-order valence-electron chi connectivity index (χ3n) is 4.15. The molecule has 2 nitrogen and oxygen atoms in total. The van der Waals surface area contributed by atoms with E-state index in [0.29, 0.717) is 17.2 Å². The van der Waals surface area contributed by atoms with Gasteiger partial charge in [-0.15, -0.1) is 11.6 Å². The van der Waals surface area contributed by atoms with Crippen LogP contribution in [0.4, 0.5) is 0 Å². The van der Waals surface area contributed by atoms with Gasteiger partial charge >= 0.3 is 0 Å². The van der Waals surface area contributed by atoms with Crippen molar-refractivity contribution in [1.29, 1.82) is 0 Å². The van der Waals surface area contributed by atoms with Crippen molar-refractivity contribution in [3.63, 3.8) is 0 Å². The first-order chi connectivity index (χ1) is 9.74. The Morgan fingerprint density at radius 3 is 2.95 bits per heavy atom. The second-order valence-corrected chi connectivity index (χ2v) is 7.55. The fourth-order valence-corrected chi connectivity index (χ4v) is 4.75. The van der Waals surface area contributed by atoms with Crippen LogP contribution in [0.15, 0.2) is 22.7 Å². The predicted octanol–water partition coefficient (Wildman–Crippen LogP) is 5.38. The topological polar surface area (TPSA) is 17.8 Å². The van der Waals surface area contributed by atoms with Gasteiger partial charge in [0.15, 0.2) is 0 Å². The highest BCUT2D eigenvalue weighted by molar-refractivity contribution is 9.10. The van der Waals surface area contributed by atoms with Gasteiger partial charge in [-0.1, -0.05) is 28.8 Å². The quantitative estimate of drug-likeness (QED) is 0.672. The zero-order valence-corrected chi connectivity index (χ0v) is 14.6. The molecule has 0 radical (unpaired) electrons. The van der Waals surface area contributed by atoms with E-state index in [1.54, 1.807) is 0 Å². The Hall–Kier alpha value is -0.190. The predicted molar refractivity (Wildman–Crippen MR) is 91.8 cm³/mol. The number of halogens is 2. The van der Waals surface area contributed by atoms with Gasteiger partial charge in [0.1, 0.15) is 5.82 Å². The summed E-state index contributed by atoms with van der Waals surface area (Å²) in [6, 6.07) is 6.86. The van der Waals surface area contributed by atoms with Gasteiger partial charge in [0.05, 0.1) is 16.9 Å². The molecule has 0 N–H and O–H groups in total. The number of fused-ring (bicyclic) bond motifs is 1. The maximum atomic E-state index is 6.15. The second kappa shape index (κ2) is 6.29. The minimum absolute atomic E-state index is 0.476. The first kappa shape index (κ1) is 14.7. The van der Waals surface area contributed by atoms with Gasteiger partial charge in [0, 0.05) is 15.8 Å². The fraction of sp³-hybridized carbons (Fsp3) is 0.533. The standard InChI is InChI=1S/C15H18BrClN2S/c1-20-14-5-3-2-4-13(14)19-12-7-6-10(16)8-11(12)18-15(19)9-17/h6-8,13-14H,2-5,9H2,1H3. The summed E-state index contributed by atoms with van der Waals surface area (Å²) >= 11 is 11.7. The molecule has 1 aliphatic rings. The van der Waals surface area contributed by atoms with Crippen molar-refractivity contribution in [2.24, 2.45) is 0 Å². The van der Waals surface area contributed by atoms with Crippen molar-refractivity contribution in [3.05, 3.63) is 28.5 Å². The summed E-state index contributed by atoms with van der Waals surface area (Å²) in [5.41, 5.74) is 2.26.